The van der Waals surface area contributed by atoms with Crippen molar-refractivity contribution in [2.24, 2.45) is 4.99 Å². The molecule has 0 saturated heterocycles. The van der Waals surface area contributed by atoms with Crippen LogP contribution in [-0.2, 0) is 6.54 Å². The summed E-state index contributed by atoms with van der Waals surface area (Å²) in [6, 6.07) is 6.91. The van der Waals surface area contributed by atoms with E-state index in [1.165, 1.54) is 11.3 Å². The van der Waals surface area contributed by atoms with E-state index >= 15 is 0 Å². The Morgan fingerprint density at radius 2 is 1.73 bits per heavy atom. The largest absolute Gasteiger partial charge is 0.315 e. The van der Waals surface area contributed by atoms with Crippen molar-refractivity contribution in [1.82, 2.24) is 4.57 Å². The normalized spacial score (nSPS) is 11.8. The zero-order valence-corrected chi connectivity index (χ0v) is 18.1. The van der Waals surface area contributed by atoms with Crippen molar-refractivity contribution < 1.29 is 14.6 Å². The highest BCUT2D eigenvalue weighted by Gasteiger charge is 2.20. The molecule has 0 spiro atoms. The number of nitro benzene ring substituents is 2. The summed E-state index contributed by atoms with van der Waals surface area (Å²) in [5.41, 5.74) is 1.86. The number of amides is 1. The van der Waals surface area contributed by atoms with Gasteiger partial charge in [0.2, 0.25) is 0 Å². The van der Waals surface area contributed by atoms with Gasteiger partial charge in [-0.1, -0.05) is 17.4 Å². The molecule has 0 saturated carbocycles. The Morgan fingerprint density at radius 3 is 2.30 bits per heavy atom. The summed E-state index contributed by atoms with van der Waals surface area (Å²) in [6.07, 6.45) is 1.98. The van der Waals surface area contributed by atoms with Crippen LogP contribution in [0.1, 0.15) is 21.5 Å². The number of carbonyl (C=O) groups excluding carboxylic acids is 1. The van der Waals surface area contributed by atoms with Gasteiger partial charge in [0.25, 0.3) is 17.3 Å². The van der Waals surface area contributed by atoms with Gasteiger partial charge in [-0.3, -0.25) is 25.0 Å². The zero-order valence-electron chi connectivity index (χ0n) is 16.4. The SMILES string of the molecule is CSCCn1c(=NC(=O)c2cc([N+](=O)[O-])cc([N+](=O)[O-])c2)sc2c(C)cc(C)cc21. The highest BCUT2D eigenvalue weighted by Crippen LogP contribution is 2.25. The minimum atomic E-state index is -0.770. The number of rotatable bonds is 6. The van der Waals surface area contributed by atoms with Gasteiger partial charge in [-0.15, -0.1) is 0 Å². The molecule has 2 aromatic carbocycles. The van der Waals surface area contributed by atoms with Gasteiger partial charge in [0.1, 0.15) is 0 Å². The first-order chi connectivity index (χ1) is 14.2. The molecule has 3 rings (SSSR count). The van der Waals surface area contributed by atoms with Gasteiger partial charge in [-0.2, -0.15) is 16.8 Å². The van der Waals surface area contributed by atoms with Gasteiger partial charge < -0.3 is 4.57 Å². The fourth-order valence-corrected chi connectivity index (χ4v) is 4.55. The molecule has 0 aliphatic rings. The summed E-state index contributed by atoms with van der Waals surface area (Å²) in [5, 5.41) is 22.2. The quantitative estimate of drug-likeness (QED) is 0.412. The number of aromatic nitrogens is 1. The molecule has 156 valence electrons. The molecule has 1 amide bonds. The maximum atomic E-state index is 12.8. The van der Waals surface area contributed by atoms with Crippen molar-refractivity contribution in [3.8, 4) is 0 Å². The van der Waals surface area contributed by atoms with Crippen LogP contribution in [0.3, 0.4) is 0 Å². The predicted molar refractivity (Wildman–Crippen MR) is 117 cm³/mol. The molecule has 11 heteroatoms. The standard InChI is InChI=1S/C19H18N4O5S2/c1-11-6-12(2)17-16(7-11)21(4-5-29-3)19(30-17)20-18(24)13-8-14(22(25)26)10-15(9-13)23(27)28/h6-10H,4-5H2,1-3H3. The van der Waals surface area contributed by atoms with Gasteiger partial charge >= 0.3 is 0 Å². The molecule has 0 atom stereocenters. The monoisotopic (exact) mass is 446 g/mol. The number of hydrogen-bond acceptors (Lipinski definition) is 7. The Labute approximate surface area is 179 Å². The van der Waals surface area contributed by atoms with E-state index in [0.717, 1.165) is 45.3 Å². The molecule has 0 radical (unpaired) electrons. The van der Waals surface area contributed by atoms with Crippen LogP contribution in [0.25, 0.3) is 10.2 Å². The second-order valence-corrected chi connectivity index (χ2v) is 8.59. The van der Waals surface area contributed by atoms with E-state index in [4.69, 9.17) is 0 Å². The first kappa shape index (κ1) is 21.7. The van der Waals surface area contributed by atoms with Gasteiger partial charge in [0.05, 0.1) is 31.7 Å². The minimum absolute atomic E-state index is 0.197. The van der Waals surface area contributed by atoms with Gasteiger partial charge in [0.15, 0.2) is 4.80 Å². The van der Waals surface area contributed by atoms with E-state index in [0.29, 0.717) is 11.3 Å². The van der Waals surface area contributed by atoms with Crippen molar-refractivity contribution in [2.75, 3.05) is 12.0 Å². The Hall–Kier alpha value is -3.05. The Balaban J connectivity index is 2.19. The molecule has 3 aromatic rings. The predicted octanol–water partition coefficient (Wildman–Crippen LogP) is 4.24. The van der Waals surface area contributed by atoms with Crippen LogP contribution in [0.2, 0.25) is 0 Å². The molecule has 1 heterocycles. The van der Waals surface area contributed by atoms with E-state index in [9.17, 15) is 25.0 Å². The third kappa shape index (κ3) is 4.41. The number of fused-ring (bicyclic) bond motifs is 1. The first-order valence-electron chi connectivity index (χ1n) is 8.83. The topological polar surface area (TPSA) is 121 Å². The average molecular weight is 447 g/mol. The van der Waals surface area contributed by atoms with Crippen molar-refractivity contribution in [3.05, 3.63) is 72.1 Å². The van der Waals surface area contributed by atoms with E-state index in [2.05, 4.69) is 4.99 Å². The summed E-state index contributed by atoms with van der Waals surface area (Å²) in [6.45, 7) is 4.61. The Kier molecular flexibility index (Phi) is 6.32. The number of benzene rings is 2. The lowest BCUT2D eigenvalue weighted by molar-refractivity contribution is -0.394. The molecular formula is C19H18N4O5S2. The number of aryl methyl sites for hydroxylation is 3. The summed E-state index contributed by atoms with van der Waals surface area (Å²) in [4.78, 5) is 38.1. The van der Waals surface area contributed by atoms with Crippen molar-refractivity contribution in [3.63, 3.8) is 0 Å². The molecule has 0 fully saturated rings. The lowest BCUT2D eigenvalue weighted by Crippen LogP contribution is -2.18. The summed E-state index contributed by atoms with van der Waals surface area (Å²) in [7, 11) is 0. The summed E-state index contributed by atoms with van der Waals surface area (Å²) >= 11 is 3.01. The molecule has 0 bridgehead atoms. The third-order valence-electron chi connectivity index (χ3n) is 4.40. The second kappa shape index (κ2) is 8.76. The maximum Gasteiger partial charge on any atom is 0.280 e. The molecule has 0 unspecified atom stereocenters. The molecule has 9 nitrogen and oxygen atoms in total. The lowest BCUT2D eigenvalue weighted by Gasteiger charge is -2.05. The molecule has 0 aliphatic heterocycles. The maximum absolute atomic E-state index is 12.8. The Morgan fingerprint density at radius 1 is 1.10 bits per heavy atom. The summed E-state index contributed by atoms with van der Waals surface area (Å²) in [5.74, 6) is 0.0447. The molecule has 1 aromatic heterocycles. The van der Waals surface area contributed by atoms with E-state index in [1.807, 2.05) is 36.8 Å². The van der Waals surface area contributed by atoms with Gasteiger partial charge in [-0.05, 0) is 37.3 Å². The fraction of sp³-hybridized carbons (Fsp3) is 0.263. The van der Waals surface area contributed by atoms with Crippen LogP contribution in [0.5, 0.6) is 0 Å². The Bertz CT molecular complexity index is 1210. The van der Waals surface area contributed by atoms with Gasteiger partial charge in [-0.25, -0.2) is 0 Å². The smallest absolute Gasteiger partial charge is 0.280 e. The van der Waals surface area contributed by atoms with Crippen LogP contribution in [0.4, 0.5) is 11.4 Å². The van der Waals surface area contributed by atoms with Crippen LogP contribution in [0.15, 0.2) is 35.3 Å². The number of thioether (sulfide) groups is 1. The second-order valence-electron chi connectivity index (χ2n) is 6.63. The van der Waals surface area contributed by atoms with E-state index in [-0.39, 0.29) is 5.56 Å². The minimum Gasteiger partial charge on any atom is -0.315 e. The molecule has 0 N–H and O–H groups in total. The van der Waals surface area contributed by atoms with Crippen LogP contribution in [-0.4, -0.2) is 32.3 Å². The van der Waals surface area contributed by atoms with Crippen LogP contribution < -0.4 is 4.80 Å². The van der Waals surface area contributed by atoms with E-state index < -0.39 is 27.1 Å². The number of hydrogen-bond donors (Lipinski definition) is 0. The highest BCUT2D eigenvalue weighted by molar-refractivity contribution is 7.98. The number of thiazole rings is 1. The van der Waals surface area contributed by atoms with E-state index in [1.54, 1.807) is 11.8 Å². The number of non-ortho nitro benzene ring substituents is 2. The molecule has 30 heavy (non-hydrogen) atoms. The zero-order chi connectivity index (χ0) is 22.0. The lowest BCUT2D eigenvalue weighted by atomic mass is 10.1. The van der Waals surface area contributed by atoms with Crippen LogP contribution in [0, 0.1) is 34.1 Å². The molecular weight excluding hydrogens is 428 g/mol. The van der Waals surface area contributed by atoms with Crippen molar-refractivity contribution in [1.29, 1.82) is 0 Å². The fourth-order valence-electron chi connectivity index (χ4n) is 3.08. The number of carbonyl (C=O) groups is 1. The number of nitrogens with zero attached hydrogens (tertiary/aromatic N) is 4. The average Bonchev–Trinajstić information content (AvgIpc) is 3.03. The summed E-state index contributed by atoms with van der Waals surface area (Å²) < 4.78 is 2.94. The number of nitro groups is 2. The van der Waals surface area contributed by atoms with Crippen molar-refractivity contribution in [2.45, 2.75) is 20.4 Å². The first-order valence-corrected chi connectivity index (χ1v) is 11.0. The third-order valence-corrected chi connectivity index (χ3v) is 6.22. The van der Waals surface area contributed by atoms with Crippen molar-refractivity contribution >= 4 is 50.6 Å². The molecule has 0 aliphatic carbocycles. The highest BCUT2D eigenvalue weighted by atomic mass is 32.2. The van der Waals surface area contributed by atoms with Gasteiger partial charge in [0, 0.05) is 24.4 Å². The van der Waals surface area contributed by atoms with Crippen LogP contribution >= 0.6 is 23.1 Å².